The van der Waals surface area contributed by atoms with Gasteiger partial charge in [0.2, 0.25) is 0 Å². The van der Waals surface area contributed by atoms with Crippen LogP contribution in [-0.4, -0.2) is 11.7 Å². The standard InChI is InChI=1S/C36H32N2O/c39-27-36-34-25-30(37-28-17-13-9-5-2-1-3-6-10-14-18-28)21-23-32(34)33-24-22-31(26-35(33)36)38-29-19-15-11-7-4-8-12-16-20-29/h1-26,36-39H,27H2/b2-1-,3-1?,5-2?,6-3-,7-4?,8-4?,9-5-,10-6?,11-7?,12-8?,13-9?,14-10-,15-11?,16-12?,17-13-,18-14?,19-15?,20-16?,28-17?,28-18+,29-19?,29-20?. The second-order valence-electron chi connectivity index (χ2n) is 9.25. The molecule has 3 nitrogen and oxygen atoms in total. The van der Waals surface area contributed by atoms with Gasteiger partial charge in [0.1, 0.15) is 0 Å². The highest BCUT2D eigenvalue weighted by Crippen LogP contribution is 2.46. The van der Waals surface area contributed by atoms with Crippen LogP contribution < -0.4 is 10.6 Å². The van der Waals surface area contributed by atoms with Crippen LogP contribution in [0.1, 0.15) is 17.0 Å². The van der Waals surface area contributed by atoms with Gasteiger partial charge in [-0.05, 0) is 70.8 Å². The number of nitrogens with one attached hydrogen (secondary N) is 2. The third-order valence-electron chi connectivity index (χ3n) is 6.56. The van der Waals surface area contributed by atoms with Crippen LogP contribution in [-0.2, 0) is 0 Å². The van der Waals surface area contributed by atoms with Gasteiger partial charge >= 0.3 is 0 Å². The predicted molar refractivity (Wildman–Crippen MR) is 166 cm³/mol. The van der Waals surface area contributed by atoms with Crippen molar-refractivity contribution >= 4 is 17.1 Å². The summed E-state index contributed by atoms with van der Waals surface area (Å²) in [6.07, 6.45) is 22.2. The van der Waals surface area contributed by atoms with E-state index in [0.29, 0.717) is 0 Å². The minimum Gasteiger partial charge on any atom is -0.395 e. The monoisotopic (exact) mass is 508 g/mol. The minimum absolute atomic E-state index is 0.0470. The Balaban J connectivity index is 1.41. The zero-order valence-electron chi connectivity index (χ0n) is 21.7. The molecule has 39 heavy (non-hydrogen) atoms. The molecule has 3 aromatic carbocycles. The topological polar surface area (TPSA) is 44.3 Å². The van der Waals surface area contributed by atoms with Crippen molar-refractivity contribution in [1.29, 1.82) is 0 Å². The lowest BCUT2D eigenvalue weighted by Gasteiger charge is -2.14. The molecule has 3 N–H and O–H groups in total. The van der Waals surface area contributed by atoms with Gasteiger partial charge in [-0.3, -0.25) is 0 Å². The van der Waals surface area contributed by atoms with E-state index in [1.165, 1.54) is 11.1 Å². The molecule has 0 aliphatic heterocycles. The number of benzene rings is 2. The lowest BCUT2D eigenvalue weighted by Crippen LogP contribution is -2.04. The number of aliphatic hydroxyl groups is 1. The summed E-state index contributed by atoms with van der Waals surface area (Å²) in [6.45, 7) is 0.0470. The Morgan fingerprint density at radius 1 is 0.513 bits per heavy atom. The first-order valence-electron chi connectivity index (χ1n) is 13.2. The van der Waals surface area contributed by atoms with Crippen LogP contribution in [0.3, 0.4) is 0 Å². The van der Waals surface area contributed by atoms with Gasteiger partial charge in [-0.15, -0.1) is 0 Å². The quantitative estimate of drug-likeness (QED) is 0.323. The first-order chi connectivity index (χ1) is 19.3. The second-order valence-corrected chi connectivity index (χ2v) is 9.25. The summed E-state index contributed by atoms with van der Waals surface area (Å²) in [5.74, 6) is -0.0828. The minimum atomic E-state index is -0.0828. The first kappa shape index (κ1) is 25.8. The summed E-state index contributed by atoms with van der Waals surface area (Å²) in [7, 11) is 0. The normalized spacial score (nSPS) is 20.7. The molecule has 0 saturated heterocycles. The van der Waals surface area contributed by atoms with E-state index < -0.39 is 0 Å². The van der Waals surface area contributed by atoms with Gasteiger partial charge in [0.25, 0.3) is 0 Å². The van der Waals surface area contributed by atoms with Gasteiger partial charge in [-0.2, -0.15) is 0 Å². The largest absolute Gasteiger partial charge is 0.395 e. The van der Waals surface area contributed by atoms with Crippen LogP contribution in [0.5, 0.6) is 0 Å². The van der Waals surface area contributed by atoms with Crippen LogP contribution in [0.2, 0.25) is 0 Å². The molecule has 0 radical (unpaired) electrons. The molecule has 0 fully saturated rings. The Morgan fingerprint density at radius 3 is 1.62 bits per heavy atom. The van der Waals surface area contributed by atoms with Crippen molar-refractivity contribution in [2.75, 3.05) is 17.2 Å². The summed E-state index contributed by atoms with van der Waals surface area (Å²) in [5.41, 5.74) is 8.55. The molecule has 0 amide bonds. The van der Waals surface area contributed by atoms with Crippen molar-refractivity contribution in [2.45, 2.75) is 5.92 Å². The summed E-state index contributed by atoms with van der Waals surface area (Å²) < 4.78 is 0. The molecular formula is C36H32N2O. The van der Waals surface area contributed by atoms with Crippen LogP contribution in [0.25, 0.3) is 11.1 Å². The Kier molecular flexibility index (Phi) is 8.65. The molecule has 0 aromatic heterocycles. The molecule has 1 atom stereocenters. The SMILES string of the molecule is OCC1c2cc(NC3=C/C=C\C=C/C=C\C=C/C=C\3)ccc2-c2ccc(Nc3ccccccccc3)cc21. The summed E-state index contributed by atoms with van der Waals surface area (Å²) in [6, 6.07) is 31.0. The van der Waals surface area contributed by atoms with Crippen molar-refractivity contribution in [1.82, 2.24) is 0 Å². The zero-order chi connectivity index (χ0) is 26.7. The maximum absolute atomic E-state index is 10.4. The fraction of sp³-hybridized carbons (Fsp3) is 0.0556. The first-order valence-corrected chi connectivity index (χ1v) is 13.2. The van der Waals surface area contributed by atoms with E-state index in [1.54, 1.807) is 0 Å². The van der Waals surface area contributed by atoms with Crippen molar-refractivity contribution in [3.05, 3.63) is 175 Å². The van der Waals surface area contributed by atoms with E-state index >= 15 is 0 Å². The molecule has 2 aliphatic rings. The highest BCUT2D eigenvalue weighted by atomic mass is 16.3. The van der Waals surface area contributed by atoms with Crippen molar-refractivity contribution < 1.29 is 5.11 Å². The van der Waals surface area contributed by atoms with E-state index in [4.69, 9.17) is 0 Å². The molecule has 3 heteroatoms. The van der Waals surface area contributed by atoms with E-state index in [0.717, 1.165) is 33.9 Å². The zero-order valence-corrected chi connectivity index (χ0v) is 21.7. The lowest BCUT2D eigenvalue weighted by molar-refractivity contribution is 0.282. The smallest absolute Gasteiger partial charge is 0.0540 e. The Hall–Kier alpha value is -4.86. The van der Waals surface area contributed by atoms with Crippen LogP contribution in [0, 0.1) is 0 Å². The average Bonchev–Trinajstić information content (AvgIpc) is 3.25. The maximum Gasteiger partial charge on any atom is 0.0540 e. The molecule has 0 spiro atoms. The molecule has 192 valence electrons. The number of hydrogen-bond acceptors (Lipinski definition) is 3. The molecule has 0 bridgehead atoms. The van der Waals surface area contributed by atoms with Crippen LogP contribution in [0.4, 0.5) is 17.1 Å². The second kappa shape index (κ2) is 13.1. The van der Waals surface area contributed by atoms with E-state index in [-0.39, 0.29) is 12.5 Å². The van der Waals surface area contributed by atoms with Gasteiger partial charge < -0.3 is 15.7 Å². The number of rotatable bonds is 5. The third-order valence-corrected chi connectivity index (χ3v) is 6.56. The Morgan fingerprint density at radius 2 is 1.03 bits per heavy atom. The fourth-order valence-electron chi connectivity index (χ4n) is 4.73. The number of fused-ring (bicyclic) bond motifs is 3. The van der Waals surface area contributed by atoms with Crippen molar-refractivity contribution in [3.63, 3.8) is 0 Å². The fourth-order valence-corrected chi connectivity index (χ4v) is 4.73. The van der Waals surface area contributed by atoms with Crippen molar-refractivity contribution in [2.24, 2.45) is 0 Å². The lowest BCUT2D eigenvalue weighted by atomic mass is 9.97. The Labute approximate surface area is 230 Å². The Bertz CT molecular complexity index is 1530. The predicted octanol–water partition coefficient (Wildman–Crippen LogP) is 8.75. The number of aliphatic hydroxyl groups excluding tert-OH is 1. The van der Waals surface area contributed by atoms with Gasteiger partial charge in [-0.1, -0.05) is 109 Å². The van der Waals surface area contributed by atoms with Crippen LogP contribution >= 0.6 is 0 Å². The third kappa shape index (κ3) is 6.72. The molecule has 5 rings (SSSR count). The average molecular weight is 509 g/mol. The van der Waals surface area contributed by atoms with E-state index in [1.807, 2.05) is 121 Å². The molecule has 2 aliphatic carbocycles. The van der Waals surface area contributed by atoms with E-state index in [9.17, 15) is 5.11 Å². The van der Waals surface area contributed by atoms with Gasteiger partial charge in [0.05, 0.1) is 6.61 Å². The van der Waals surface area contributed by atoms with Gasteiger partial charge in [0, 0.05) is 28.7 Å². The number of allylic oxidation sites excluding steroid dienone is 11. The van der Waals surface area contributed by atoms with Gasteiger partial charge in [-0.25, -0.2) is 0 Å². The maximum atomic E-state index is 10.4. The number of anilines is 3. The van der Waals surface area contributed by atoms with Crippen molar-refractivity contribution in [3.8, 4) is 11.1 Å². The molecule has 3 aromatic rings. The van der Waals surface area contributed by atoms with Gasteiger partial charge in [0.15, 0.2) is 0 Å². The summed E-state index contributed by atoms with van der Waals surface area (Å²) in [5, 5.41) is 17.5. The molecular weight excluding hydrogens is 476 g/mol. The molecule has 1 unspecified atom stereocenters. The van der Waals surface area contributed by atoms with Crippen LogP contribution in [0.15, 0.2) is 164 Å². The molecule has 0 saturated carbocycles. The molecule has 0 heterocycles. The number of hydrogen-bond donors (Lipinski definition) is 3. The summed E-state index contributed by atoms with van der Waals surface area (Å²) >= 11 is 0. The summed E-state index contributed by atoms with van der Waals surface area (Å²) in [4.78, 5) is 0. The van der Waals surface area contributed by atoms with E-state index in [2.05, 4.69) is 47.0 Å². The highest BCUT2D eigenvalue weighted by molar-refractivity contribution is 5.83. The highest BCUT2D eigenvalue weighted by Gasteiger charge is 2.28.